The number of alkyl halides is 5. The number of hydrogen-bond acceptors (Lipinski definition) is 7. The Morgan fingerprint density at radius 3 is 2.35 bits per heavy atom. The summed E-state index contributed by atoms with van der Waals surface area (Å²) in [6.45, 7) is -0.0924. The molecule has 31 heavy (non-hydrogen) atoms. The minimum atomic E-state index is -4.71. The van der Waals surface area contributed by atoms with Crippen LogP contribution < -0.4 is 15.5 Å². The van der Waals surface area contributed by atoms with Gasteiger partial charge in [-0.05, 0) is 24.8 Å². The molecule has 0 bridgehead atoms. The van der Waals surface area contributed by atoms with Crippen LogP contribution in [0.5, 0.6) is 0 Å². The summed E-state index contributed by atoms with van der Waals surface area (Å²) in [6.07, 6.45) is -2.39. The van der Waals surface area contributed by atoms with Crippen LogP contribution in [-0.2, 0) is 6.18 Å². The molecule has 0 aliphatic carbocycles. The van der Waals surface area contributed by atoms with E-state index in [1.165, 1.54) is 11.0 Å². The first-order valence-electron chi connectivity index (χ1n) is 9.76. The Labute approximate surface area is 174 Å². The second-order valence-electron chi connectivity index (χ2n) is 7.89. The molecule has 0 atom stereocenters. The highest BCUT2D eigenvalue weighted by Crippen LogP contribution is 2.39. The lowest BCUT2D eigenvalue weighted by Crippen LogP contribution is -2.56. The molecule has 0 aromatic carbocycles. The zero-order chi connectivity index (χ0) is 22.4. The summed E-state index contributed by atoms with van der Waals surface area (Å²) in [5, 5.41) is 9.32. The van der Waals surface area contributed by atoms with Crippen molar-refractivity contribution in [3.63, 3.8) is 0 Å². The monoisotopic (exact) mass is 444 g/mol. The zero-order valence-corrected chi connectivity index (χ0v) is 16.4. The molecule has 0 unspecified atom stereocenters. The number of pyridine rings is 1. The molecule has 0 radical (unpaired) electrons. The molecule has 7 nitrogen and oxygen atoms in total. The minimum absolute atomic E-state index is 0.0505. The molecule has 2 fully saturated rings. The summed E-state index contributed by atoms with van der Waals surface area (Å²) in [6, 6.07) is 1.99. The van der Waals surface area contributed by atoms with E-state index in [1.54, 1.807) is 4.90 Å². The molecule has 2 aromatic rings. The number of piperidine rings is 1. The molecule has 3 N–H and O–H groups in total. The van der Waals surface area contributed by atoms with E-state index in [1.807, 2.05) is 0 Å². The van der Waals surface area contributed by atoms with Gasteiger partial charge < -0.3 is 20.6 Å². The van der Waals surface area contributed by atoms with Gasteiger partial charge in [0.1, 0.15) is 11.6 Å². The van der Waals surface area contributed by atoms with Gasteiger partial charge in [0.05, 0.1) is 24.3 Å². The van der Waals surface area contributed by atoms with Crippen LogP contribution in [0.3, 0.4) is 0 Å². The van der Waals surface area contributed by atoms with E-state index in [0.29, 0.717) is 25.9 Å². The van der Waals surface area contributed by atoms with Crippen LogP contribution in [0.15, 0.2) is 18.3 Å². The van der Waals surface area contributed by atoms with Crippen LogP contribution in [0, 0.1) is 5.92 Å². The van der Waals surface area contributed by atoms with E-state index in [9.17, 15) is 27.1 Å². The Bertz CT molecular complexity index is 953. The predicted molar refractivity (Wildman–Crippen MR) is 104 cm³/mol. The van der Waals surface area contributed by atoms with E-state index >= 15 is 0 Å². The van der Waals surface area contributed by atoms with Crippen LogP contribution in [0.2, 0.25) is 0 Å². The lowest BCUT2D eigenvalue weighted by molar-refractivity contribution is -0.137. The van der Waals surface area contributed by atoms with Crippen molar-refractivity contribution in [1.29, 1.82) is 0 Å². The van der Waals surface area contributed by atoms with Gasteiger partial charge in [0.2, 0.25) is 5.95 Å². The van der Waals surface area contributed by atoms with Crippen molar-refractivity contribution in [3.05, 3.63) is 23.9 Å². The van der Waals surface area contributed by atoms with Crippen molar-refractivity contribution >= 4 is 17.6 Å². The second kappa shape index (κ2) is 7.74. The Morgan fingerprint density at radius 1 is 1.10 bits per heavy atom. The van der Waals surface area contributed by atoms with Gasteiger partial charge in [-0.3, -0.25) is 0 Å². The normalized spacial score (nSPS) is 19.4. The summed E-state index contributed by atoms with van der Waals surface area (Å²) in [5.74, 6) is -2.75. The van der Waals surface area contributed by atoms with Gasteiger partial charge in [-0.2, -0.15) is 18.2 Å². The quantitative estimate of drug-likeness (QED) is 0.701. The smallest absolute Gasteiger partial charge is 0.396 e. The fourth-order valence-corrected chi connectivity index (χ4v) is 3.76. The third-order valence-corrected chi connectivity index (χ3v) is 5.53. The Balaban J connectivity index is 1.76. The molecule has 0 saturated carbocycles. The first-order chi connectivity index (χ1) is 14.6. The molecule has 12 heteroatoms. The molecular weight excluding hydrogens is 423 g/mol. The number of halogens is 5. The van der Waals surface area contributed by atoms with Crippen LogP contribution in [0.25, 0.3) is 11.3 Å². The lowest BCUT2D eigenvalue weighted by Gasteiger charge is -2.40. The van der Waals surface area contributed by atoms with Crippen LogP contribution >= 0.6 is 0 Å². The van der Waals surface area contributed by atoms with Crippen molar-refractivity contribution in [3.8, 4) is 11.3 Å². The Morgan fingerprint density at radius 2 is 1.77 bits per heavy atom. The Hall–Kier alpha value is -2.76. The standard InChI is InChI=1S/C19H21F5N6O/c20-18(21)9-30(10-18)16-6-14(12-7-26-15(25)5-13(12)19(22,23)24)27-17(28-16)29-3-1-11(8-31)2-4-29/h5-7,11,31H,1-4,8-10H2,(H2,25,26). The van der Waals surface area contributed by atoms with Crippen molar-refractivity contribution in [1.82, 2.24) is 15.0 Å². The number of aromatic nitrogens is 3. The lowest BCUT2D eigenvalue weighted by atomic mass is 9.98. The summed E-state index contributed by atoms with van der Waals surface area (Å²) >= 11 is 0. The second-order valence-corrected chi connectivity index (χ2v) is 7.89. The number of nitrogens with two attached hydrogens (primary N) is 1. The first-order valence-corrected chi connectivity index (χ1v) is 9.76. The maximum absolute atomic E-state index is 13.6. The highest BCUT2D eigenvalue weighted by molar-refractivity contribution is 5.70. The van der Waals surface area contributed by atoms with E-state index in [4.69, 9.17) is 5.73 Å². The molecule has 2 aliphatic rings. The maximum atomic E-state index is 13.6. The summed E-state index contributed by atoms with van der Waals surface area (Å²) in [4.78, 5) is 15.5. The van der Waals surface area contributed by atoms with E-state index in [2.05, 4.69) is 15.0 Å². The number of hydrogen-bond donors (Lipinski definition) is 2. The van der Waals surface area contributed by atoms with Crippen LogP contribution in [0.4, 0.5) is 39.5 Å². The SMILES string of the molecule is Nc1cc(C(F)(F)F)c(-c2cc(N3CC(F)(F)C3)nc(N3CCC(CO)CC3)n2)cn1. The molecule has 4 heterocycles. The molecule has 0 amide bonds. The number of nitrogen functional groups attached to an aromatic ring is 1. The van der Waals surface area contributed by atoms with Crippen molar-refractivity contribution in [2.75, 3.05) is 48.3 Å². The van der Waals surface area contributed by atoms with Crippen LogP contribution in [0.1, 0.15) is 18.4 Å². The highest BCUT2D eigenvalue weighted by Gasteiger charge is 2.45. The fourth-order valence-electron chi connectivity index (χ4n) is 3.76. The van der Waals surface area contributed by atoms with Crippen molar-refractivity contribution in [2.45, 2.75) is 24.9 Å². The number of aliphatic hydroxyl groups is 1. The van der Waals surface area contributed by atoms with Gasteiger partial charge in [-0.25, -0.2) is 18.7 Å². The van der Waals surface area contributed by atoms with Gasteiger partial charge in [0.15, 0.2) is 0 Å². The third-order valence-electron chi connectivity index (χ3n) is 5.53. The first kappa shape index (κ1) is 21.5. The fraction of sp³-hybridized carbons (Fsp3) is 0.526. The summed E-state index contributed by atoms with van der Waals surface area (Å²) in [7, 11) is 0. The Kier molecular flexibility index (Phi) is 5.36. The minimum Gasteiger partial charge on any atom is -0.396 e. The van der Waals surface area contributed by atoms with E-state index in [-0.39, 0.29) is 41.4 Å². The zero-order valence-electron chi connectivity index (χ0n) is 16.4. The topological polar surface area (TPSA) is 91.4 Å². The van der Waals surface area contributed by atoms with Gasteiger partial charge in [0.25, 0.3) is 5.92 Å². The molecule has 4 rings (SSSR count). The highest BCUT2D eigenvalue weighted by atomic mass is 19.4. The molecule has 2 aromatic heterocycles. The van der Waals surface area contributed by atoms with Gasteiger partial charge >= 0.3 is 6.18 Å². The number of anilines is 3. The summed E-state index contributed by atoms with van der Waals surface area (Å²) < 4.78 is 67.7. The van der Waals surface area contributed by atoms with Gasteiger partial charge in [-0.1, -0.05) is 0 Å². The largest absolute Gasteiger partial charge is 0.417 e. The van der Waals surface area contributed by atoms with Crippen LogP contribution in [-0.4, -0.2) is 58.8 Å². The molecule has 2 saturated heterocycles. The average Bonchev–Trinajstić information content (AvgIpc) is 2.71. The molecule has 2 aliphatic heterocycles. The molecule has 168 valence electrons. The van der Waals surface area contributed by atoms with Crippen molar-refractivity contribution < 1.29 is 27.1 Å². The van der Waals surface area contributed by atoms with Gasteiger partial charge in [0, 0.05) is 37.5 Å². The average molecular weight is 444 g/mol. The number of rotatable bonds is 4. The number of aliphatic hydroxyl groups excluding tert-OH is 1. The third kappa shape index (κ3) is 4.48. The van der Waals surface area contributed by atoms with E-state index < -0.39 is 30.8 Å². The maximum Gasteiger partial charge on any atom is 0.417 e. The number of nitrogens with zero attached hydrogens (tertiary/aromatic N) is 5. The molecular formula is C19H21F5N6O. The molecule has 0 spiro atoms. The van der Waals surface area contributed by atoms with Crippen molar-refractivity contribution in [2.24, 2.45) is 5.92 Å². The van der Waals surface area contributed by atoms with Gasteiger partial charge in [-0.15, -0.1) is 0 Å². The van der Waals surface area contributed by atoms with E-state index in [0.717, 1.165) is 12.3 Å². The summed E-state index contributed by atoms with van der Waals surface area (Å²) in [5.41, 5.74) is 4.07. The predicted octanol–water partition coefficient (Wildman–Crippen LogP) is 2.80.